The minimum absolute atomic E-state index is 0.0345. The first-order chi connectivity index (χ1) is 19.0. The average molecular weight is 560 g/mol. The Morgan fingerprint density at radius 3 is 2.48 bits per heavy atom. The Morgan fingerprint density at radius 1 is 1.02 bits per heavy atom. The van der Waals surface area contributed by atoms with E-state index in [1.165, 1.54) is 23.5 Å². The number of hydrogen-bond donors (Lipinski definition) is 0. The molecule has 0 spiro atoms. The summed E-state index contributed by atoms with van der Waals surface area (Å²) in [6, 6.07) is 14.0. The van der Waals surface area contributed by atoms with Crippen LogP contribution in [0.1, 0.15) is 42.4 Å². The molecule has 8 nitrogen and oxygen atoms in total. The van der Waals surface area contributed by atoms with Crippen LogP contribution in [-0.4, -0.2) is 63.4 Å². The van der Waals surface area contributed by atoms with Gasteiger partial charge in [0.15, 0.2) is 0 Å². The molecule has 0 unspecified atom stereocenters. The Labute approximate surface area is 236 Å². The summed E-state index contributed by atoms with van der Waals surface area (Å²) in [7, 11) is 1.86. The largest absolute Gasteiger partial charge is 0.444 e. The number of hydrogen-bond acceptors (Lipinski definition) is 6. The van der Waals surface area contributed by atoms with Crippen molar-refractivity contribution in [2.45, 2.75) is 32.8 Å². The van der Waals surface area contributed by atoms with E-state index >= 15 is 0 Å². The third-order valence-corrected chi connectivity index (χ3v) is 7.83. The van der Waals surface area contributed by atoms with Gasteiger partial charge in [-0.15, -0.1) is 11.3 Å². The first-order valence-electron chi connectivity index (χ1n) is 13.1. The van der Waals surface area contributed by atoms with Gasteiger partial charge in [0, 0.05) is 55.3 Å². The molecule has 2 amide bonds. The second-order valence-corrected chi connectivity index (χ2v) is 11.9. The number of carbonyl (C=O) groups excluding carboxylic acids is 2. The van der Waals surface area contributed by atoms with Gasteiger partial charge in [-0.2, -0.15) is 10.4 Å². The van der Waals surface area contributed by atoms with Gasteiger partial charge in [0.2, 0.25) is 0 Å². The number of aromatic nitrogens is 2. The number of amides is 2. The van der Waals surface area contributed by atoms with Crippen LogP contribution in [0.3, 0.4) is 0 Å². The molecule has 4 aromatic rings. The van der Waals surface area contributed by atoms with E-state index in [4.69, 9.17) is 4.74 Å². The lowest BCUT2D eigenvalue weighted by Gasteiger charge is -2.26. The normalized spacial score (nSPS) is 14.2. The van der Waals surface area contributed by atoms with Crippen LogP contribution in [0.25, 0.3) is 32.5 Å². The molecule has 3 heterocycles. The van der Waals surface area contributed by atoms with Crippen molar-refractivity contribution in [1.82, 2.24) is 19.6 Å². The molecule has 2 aromatic carbocycles. The van der Waals surface area contributed by atoms with Crippen molar-refractivity contribution in [3.8, 4) is 27.6 Å². The van der Waals surface area contributed by atoms with E-state index in [1.807, 2.05) is 58.3 Å². The highest BCUT2D eigenvalue weighted by atomic mass is 32.1. The van der Waals surface area contributed by atoms with Gasteiger partial charge in [-0.05, 0) is 68.7 Å². The molecule has 1 aliphatic heterocycles. The summed E-state index contributed by atoms with van der Waals surface area (Å²) in [4.78, 5) is 31.1. The second kappa shape index (κ2) is 10.7. The molecule has 40 heavy (non-hydrogen) atoms. The predicted molar refractivity (Wildman–Crippen MR) is 152 cm³/mol. The molecule has 0 aliphatic carbocycles. The zero-order valence-electron chi connectivity index (χ0n) is 22.9. The third-order valence-electron chi connectivity index (χ3n) is 6.66. The minimum atomic E-state index is -0.609. The van der Waals surface area contributed by atoms with Crippen molar-refractivity contribution in [2.24, 2.45) is 7.05 Å². The number of fused-ring (bicyclic) bond motifs is 1. The van der Waals surface area contributed by atoms with E-state index in [2.05, 4.69) is 5.10 Å². The predicted octanol–water partition coefficient (Wildman–Crippen LogP) is 6.06. The van der Waals surface area contributed by atoms with E-state index in [9.17, 15) is 19.2 Å². The average Bonchev–Trinajstić information content (AvgIpc) is 3.41. The number of nitriles is 1. The SMILES string of the molecule is Cn1cc2cc(-c3sc(C(=O)N4CCCN(C(=O)OC(C)(C)C)CC4)cc3-c3ccc(C#N)c(F)c3)ccc2n1. The molecule has 2 aromatic heterocycles. The maximum atomic E-state index is 14.6. The van der Waals surface area contributed by atoms with Gasteiger partial charge in [-0.1, -0.05) is 12.1 Å². The smallest absolute Gasteiger partial charge is 0.410 e. The van der Waals surface area contributed by atoms with E-state index in [0.29, 0.717) is 48.6 Å². The molecule has 1 saturated heterocycles. The molecule has 206 valence electrons. The minimum Gasteiger partial charge on any atom is -0.444 e. The summed E-state index contributed by atoms with van der Waals surface area (Å²) in [6.45, 7) is 7.27. The molecular formula is C30H30FN5O3S. The quantitative estimate of drug-likeness (QED) is 0.304. The number of carbonyl (C=O) groups is 2. The zero-order valence-corrected chi connectivity index (χ0v) is 23.7. The Kier molecular flexibility index (Phi) is 7.34. The summed E-state index contributed by atoms with van der Waals surface area (Å²) in [5.74, 6) is -0.748. The van der Waals surface area contributed by atoms with Gasteiger partial charge >= 0.3 is 6.09 Å². The standard InChI is InChI=1S/C30H30FN5O3S/c1-30(2,3)39-29(38)36-11-5-10-35(12-13-36)28(37)26-16-23(19-6-7-21(17-32)24(31)15-19)27(40-26)20-8-9-25-22(14-20)18-34(4)33-25/h6-9,14-16,18H,5,10-13H2,1-4H3. The fourth-order valence-electron chi connectivity index (χ4n) is 4.77. The Hall–Kier alpha value is -4.23. The molecule has 5 rings (SSSR count). The van der Waals surface area contributed by atoms with Gasteiger partial charge < -0.3 is 14.5 Å². The third kappa shape index (κ3) is 5.70. The molecule has 0 N–H and O–H groups in total. The number of ether oxygens (including phenoxy) is 1. The molecular weight excluding hydrogens is 529 g/mol. The topological polar surface area (TPSA) is 91.5 Å². The highest BCUT2D eigenvalue weighted by Gasteiger charge is 2.28. The number of nitrogens with zero attached hydrogens (tertiary/aromatic N) is 5. The summed E-state index contributed by atoms with van der Waals surface area (Å²) < 4.78 is 21.9. The van der Waals surface area contributed by atoms with Crippen LogP contribution in [0.15, 0.2) is 48.7 Å². The van der Waals surface area contributed by atoms with Gasteiger partial charge in [0.1, 0.15) is 17.5 Å². The lowest BCUT2D eigenvalue weighted by molar-refractivity contribution is 0.0255. The highest BCUT2D eigenvalue weighted by Crippen LogP contribution is 2.41. The van der Waals surface area contributed by atoms with E-state index in [-0.39, 0.29) is 17.6 Å². The van der Waals surface area contributed by atoms with Crippen molar-refractivity contribution in [1.29, 1.82) is 5.26 Å². The Bertz CT molecular complexity index is 1650. The fraction of sp³-hybridized carbons (Fsp3) is 0.333. The first-order valence-corrected chi connectivity index (χ1v) is 13.9. The number of halogens is 1. The van der Waals surface area contributed by atoms with Crippen LogP contribution in [0.2, 0.25) is 0 Å². The van der Waals surface area contributed by atoms with Crippen molar-refractivity contribution in [2.75, 3.05) is 26.2 Å². The lowest BCUT2D eigenvalue weighted by Crippen LogP contribution is -2.40. The maximum Gasteiger partial charge on any atom is 0.410 e. The number of benzene rings is 2. The summed E-state index contributed by atoms with van der Waals surface area (Å²) >= 11 is 1.35. The van der Waals surface area contributed by atoms with Crippen LogP contribution < -0.4 is 0 Å². The van der Waals surface area contributed by atoms with Crippen LogP contribution in [0.4, 0.5) is 9.18 Å². The summed E-state index contributed by atoms with van der Waals surface area (Å²) in [6.07, 6.45) is 2.18. The van der Waals surface area contributed by atoms with Crippen LogP contribution in [0, 0.1) is 17.1 Å². The highest BCUT2D eigenvalue weighted by molar-refractivity contribution is 7.18. The molecule has 0 atom stereocenters. The van der Waals surface area contributed by atoms with Crippen molar-refractivity contribution >= 4 is 34.2 Å². The molecule has 0 bridgehead atoms. The number of thiophene rings is 1. The molecule has 0 radical (unpaired) electrons. The zero-order chi connectivity index (χ0) is 28.6. The van der Waals surface area contributed by atoms with Crippen molar-refractivity contribution in [3.05, 3.63) is 64.9 Å². The molecule has 1 fully saturated rings. The number of aryl methyl sites for hydroxylation is 1. The first kappa shape index (κ1) is 27.3. The maximum absolute atomic E-state index is 14.6. The van der Waals surface area contributed by atoms with Gasteiger partial charge in [-0.25, -0.2) is 9.18 Å². The summed E-state index contributed by atoms with van der Waals surface area (Å²) in [5.41, 5.74) is 2.41. The van der Waals surface area contributed by atoms with E-state index in [0.717, 1.165) is 21.3 Å². The monoisotopic (exact) mass is 559 g/mol. The molecule has 10 heteroatoms. The molecule has 0 saturated carbocycles. The van der Waals surface area contributed by atoms with Crippen LogP contribution >= 0.6 is 11.3 Å². The van der Waals surface area contributed by atoms with E-state index < -0.39 is 11.4 Å². The fourth-order valence-corrected chi connectivity index (χ4v) is 5.92. The summed E-state index contributed by atoms with van der Waals surface area (Å²) in [5, 5.41) is 14.6. The van der Waals surface area contributed by atoms with Crippen molar-refractivity contribution < 1.29 is 18.7 Å². The number of rotatable bonds is 3. The van der Waals surface area contributed by atoms with Crippen LogP contribution in [0.5, 0.6) is 0 Å². The lowest BCUT2D eigenvalue weighted by atomic mass is 10.00. The Balaban J connectivity index is 1.48. The Morgan fingerprint density at radius 2 is 1.75 bits per heavy atom. The van der Waals surface area contributed by atoms with Gasteiger partial charge in [0.25, 0.3) is 5.91 Å². The molecule has 1 aliphatic rings. The van der Waals surface area contributed by atoms with Crippen molar-refractivity contribution in [3.63, 3.8) is 0 Å². The second-order valence-electron chi connectivity index (χ2n) is 10.8. The van der Waals surface area contributed by atoms with Crippen LogP contribution in [-0.2, 0) is 11.8 Å². The van der Waals surface area contributed by atoms with E-state index in [1.54, 1.807) is 26.6 Å². The van der Waals surface area contributed by atoms with Gasteiger partial charge in [0.05, 0.1) is 16.0 Å². The van der Waals surface area contributed by atoms with Gasteiger partial charge in [-0.3, -0.25) is 9.48 Å².